The number of anilines is 2. The van der Waals surface area contributed by atoms with Gasteiger partial charge in [-0.15, -0.1) is 0 Å². The molecule has 2 N–H and O–H groups in total. The van der Waals surface area contributed by atoms with Gasteiger partial charge in [0.05, 0.1) is 18.8 Å². The molecule has 0 radical (unpaired) electrons. The summed E-state index contributed by atoms with van der Waals surface area (Å²) in [4.78, 5) is 26.0. The zero-order valence-electron chi connectivity index (χ0n) is 13.7. The number of rotatable bonds is 4. The second-order valence-electron chi connectivity index (χ2n) is 5.63. The predicted octanol–water partition coefficient (Wildman–Crippen LogP) is 1.78. The molecule has 7 heteroatoms. The lowest BCUT2D eigenvalue weighted by atomic mass is 10.1. The minimum atomic E-state index is -0.707. The van der Waals surface area contributed by atoms with E-state index in [9.17, 15) is 14.0 Å². The van der Waals surface area contributed by atoms with Crippen molar-refractivity contribution in [2.24, 2.45) is 0 Å². The minimum absolute atomic E-state index is 0.0182. The van der Waals surface area contributed by atoms with Gasteiger partial charge in [-0.3, -0.25) is 9.59 Å². The van der Waals surface area contributed by atoms with E-state index in [0.717, 1.165) is 5.69 Å². The van der Waals surface area contributed by atoms with E-state index in [-0.39, 0.29) is 24.9 Å². The van der Waals surface area contributed by atoms with Gasteiger partial charge < -0.3 is 20.3 Å². The summed E-state index contributed by atoms with van der Waals surface area (Å²) in [5.74, 6) is -0.446. The lowest BCUT2D eigenvalue weighted by molar-refractivity contribution is -0.127. The molecule has 1 unspecified atom stereocenters. The predicted molar refractivity (Wildman–Crippen MR) is 92.2 cm³/mol. The third-order valence-electron chi connectivity index (χ3n) is 3.84. The van der Waals surface area contributed by atoms with Gasteiger partial charge in [0.25, 0.3) is 5.91 Å². The average molecular weight is 343 g/mol. The molecule has 1 atom stereocenters. The van der Waals surface area contributed by atoms with E-state index in [2.05, 4.69) is 10.6 Å². The fourth-order valence-electron chi connectivity index (χ4n) is 2.69. The van der Waals surface area contributed by atoms with E-state index in [4.69, 9.17) is 4.74 Å². The van der Waals surface area contributed by atoms with Gasteiger partial charge in [-0.25, -0.2) is 4.39 Å². The lowest BCUT2D eigenvalue weighted by Gasteiger charge is -2.34. The minimum Gasteiger partial charge on any atom is -0.477 e. The average Bonchev–Trinajstić information content (AvgIpc) is 2.60. The molecule has 1 aliphatic rings. The molecule has 0 spiro atoms. The van der Waals surface area contributed by atoms with Crippen molar-refractivity contribution in [3.05, 3.63) is 54.3 Å². The summed E-state index contributed by atoms with van der Waals surface area (Å²) in [6.07, 6.45) is -0.707. The molecule has 2 aromatic carbocycles. The first-order valence-corrected chi connectivity index (χ1v) is 7.84. The summed E-state index contributed by atoms with van der Waals surface area (Å²) in [6, 6.07) is 12.9. The number of nitrogens with zero attached hydrogens (tertiary/aromatic N) is 1. The lowest BCUT2D eigenvalue weighted by Crippen LogP contribution is -2.50. The molecule has 0 saturated heterocycles. The van der Waals surface area contributed by atoms with Gasteiger partial charge in [0.15, 0.2) is 6.10 Å². The summed E-state index contributed by atoms with van der Waals surface area (Å²) < 4.78 is 18.9. The van der Waals surface area contributed by atoms with Crippen LogP contribution in [0.25, 0.3) is 0 Å². The number of ether oxygens (including phenoxy) is 1. The van der Waals surface area contributed by atoms with Crippen molar-refractivity contribution in [1.29, 1.82) is 0 Å². The number of fused-ring (bicyclic) bond motifs is 1. The largest absolute Gasteiger partial charge is 0.477 e. The van der Waals surface area contributed by atoms with Gasteiger partial charge in [0.1, 0.15) is 11.6 Å². The molecule has 0 fully saturated rings. The number of halogens is 1. The monoisotopic (exact) mass is 343 g/mol. The fourth-order valence-corrected chi connectivity index (χ4v) is 2.69. The molecule has 0 aromatic heterocycles. The molecule has 0 bridgehead atoms. The maximum atomic E-state index is 13.2. The molecule has 2 aromatic rings. The Kier molecular flexibility index (Phi) is 4.83. The van der Waals surface area contributed by atoms with Crippen molar-refractivity contribution in [2.75, 3.05) is 30.4 Å². The van der Waals surface area contributed by atoms with Crippen LogP contribution in [0.15, 0.2) is 48.5 Å². The van der Waals surface area contributed by atoms with Gasteiger partial charge >= 0.3 is 0 Å². The highest BCUT2D eigenvalue weighted by Gasteiger charge is 2.30. The number of para-hydroxylation sites is 2. The second-order valence-corrected chi connectivity index (χ2v) is 5.63. The quantitative estimate of drug-likeness (QED) is 0.888. The van der Waals surface area contributed by atoms with E-state index in [1.54, 1.807) is 23.1 Å². The maximum Gasteiger partial charge on any atom is 0.262 e. The van der Waals surface area contributed by atoms with E-state index in [0.29, 0.717) is 11.4 Å². The smallest absolute Gasteiger partial charge is 0.262 e. The Morgan fingerprint density at radius 3 is 2.80 bits per heavy atom. The Balaban J connectivity index is 1.75. The first kappa shape index (κ1) is 16.8. The van der Waals surface area contributed by atoms with E-state index < -0.39 is 11.9 Å². The van der Waals surface area contributed by atoms with Crippen LogP contribution in [0.4, 0.5) is 15.8 Å². The van der Waals surface area contributed by atoms with Crippen molar-refractivity contribution in [1.82, 2.24) is 5.32 Å². The number of hydrogen-bond donors (Lipinski definition) is 2. The zero-order valence-corrected chi connectivity index (χ0v) is 13.7. The van der Waals surface area contributed by atoms with Gasteiger partial charge in [-0.05, 0) is 30.3 Å². The van der Waals surface area contributed by atoms with Crippen LogP contribution in [-0.2, 0) is 9.59 Å². The molecule has 1 aliphatic heterocycles. The van der Waals surface area contributed by atoms with Gasteiger partial charge in [0, 0.05) is 12.7 Å². The maximum absolute atomic E-state index is 13.2. The van der Waals surface area contributed by atoms with Gasteiger partial charge in [-0.2, -0.15) is 0 Å². The van der Waals surface area contributed by atoms with E-state index in [1.807, 2.05) is 12.1 Å². The van der Waals surface area contributed by atoms with Crippen molar-refractivity contribution in [3.63, 3.8) is 0 Å². The van der Waals surface area contributed by atoms with E-state index in [1.165, 1.54) is 25.2 Å². The highest BCUT2D eigenvalue weighted by Crippen LogP contribution is 2.32. The number of carbonyl (C=O) groups excluding carboxylic acids is 2. The number of nitrogens with one attached hydrogen (secondary N) is 2. The standard InChI is InChI=1S/C18H18FN3O3/c1-20-18(24)16-10-22(14-7-2-3-8-15(14)25-16)11-17(23)21-13-6-4-5-12(19)9-13/h2-9,16H,10-11H2,1H3,(H,20,24)(H,21,23). The van der Waals surface area contributed by atoms with Crippen molar-refractivity contribution in [2.45, 2.75) is 6.10 Å². The summed E-state index contributed by atoms with van der Waals surface area (Å²) in [7, 11) is 1.53. The van der Waals surface area contributed by atoms with Crippen molar-refractivity contribution in [3.8, 4) is 5.75 Å². The SMILES string of the molecule is CNC(=O)C1CN(CC(=O)Nc2cccc(F)c2)c2ccccc2O1. The third kappa shape index (κ3) is 3.88. The molecule has 25 heavy (non-hydrogen) atoms. The number of hydrogen-bond acceptors (Lipinski definition) is 4. The third-order valence-corrected chi connectivity index (χ3v) is 3.84. The molecular weight excluding hydrogens is 325 g/mol. The Bertz CT molecular complexity index is 797. The summed E-state index contributed by atoms with van der Waals surface area (Å²) in [5.41, 5.74) is 1.12. The molecule has 6 nitrogen and oxygen atoms in total. The molecule has 0 saturated carbocycles. The summed E-state index contributed by atoms with van der Waals surface area (Å²) in [6.45, 7) is 0.262. The Morgan fingerprint density at radius 1 is 1.24 bits per heavy atom. The van der Waals surface area contributed by atoms with Crippen LogP contribution in [0.5, 0.6) is 5.75 Å². The molecular formula is C18H18FN3O3. The van der Waals surface area contributed by atoms with Crippen molar-refractivity contribution < 1.29 is 18.7 Å². The Labute approximate surface area is 144 Å². The number of amides is 2. The molecule has 130 valence electrons. The topological polar surface area (TPSA) is 70.7 Å². The first-order valence-electron chi connectivity index (χ1n) is 7.84. The highest BCUT2D eigenvalue weighted by atomic mass is 19.1. The second kappa shape index (κ2) is 7.21. The van der Waals surface area contributed by atoms with Crippen LogP contribution in [0.2, 0.25) is 0 Å². The first-order chi connectivity index (χ1) is 12.1. The molecule has 0 aliphatic carbocycles. The summed E-state index contributed by atoms with van der Waals surface area (Å²) >= 11 is 0. The van der Waals surface area contributed by atoms with Crippen LogP contribution < -0.4 is 20.3 Å². The molecule has 3 rings (SSSR count). The van der Waals surface area contributed by atoms with Crippen LogP contribution >= 0.6 is 0 Å². The Morgan fingerprint density at radius 2 is 2.04 bits per heavy atom. The van der Waals surface area contributed by atoms with Crippen LogP contribution in [0, 0.1) is 5.82 Å². The molecule has 1 heterocycles. The van der Waals surface area contributed by atoms with Crippen molar-refractivity contribution >= 4 is 23.2 Å². The van der Waals surface area contributed by atoms with Crippen LogP contribution in [-0.4, -0.2) is 38.1 Å². The number of benzene rings is 2. The fraction of sp³-hybridized carbons (Fsp3) is 0.222. The normalized spacial score (nSPS) is 15.8. The van der Waals surface area contributed by atoms with Crippen LogP contribution in [0.3, 0.4) is 0 Å². The Hall–Kier alpha value is -3.09. The number of likely N-dealkylation sites (N-methyl/N-ethyl adjacent to an activating group) is 1. The number of carbonyl (C=O) groups is 2. The van der Waals surface area contributed by atoms with Gasteiger partial charge in [-0.1, -0.05) is 18.2 Å². The van der Waals surface area contributed by atoms with E-state index >= 15 is 0 Å². The van der Waals surface area contributed by atoms with Crippen LogP contribution in [0.1, 0.15) is 0 Å². The highest BCUT2D eigenvalue weighted by molar-refractivity contribution is 5.94. The zero-order chi connectivity index (χ0) is 17.8. The molecule has 2 amide bonds. The van der Waals surface area contributed by atoms with Gasteiger partial charge in [0.2, 0.25) is 5.91 Å². The summed E-state index contributed by atoms with van der Waals surface area (Å²) in [5, 5.41) is 5.21.